The predicted octanol–water partition coefficient (Wildman–Crippen LogP) is 2.96. The summed E-state index contributed by atoms with van der Waals surface area (Å²) < 4.78 is 30.2. The number of rotatable bonds is 4. The lowest BCUT2D eigenvalue weighted by Crippen LogP contribution is -2.39. The van der Waals surface area contributed by atoms with Crippen molar-refractivity contribution in [2.75, 3.05) is 18.4 Å². The Bertz CT molecular complexity index is 1560. The summed E-state index contributed by atoms with van der Waals surface area (Å²) in [5, 5.41) is 9.69. The van der Waals surface area contributed by atoms with Crippen molar-refractivity contribution in [2.45, 2.75) is 44.0 Å². The lowest BCUT2D eigenvalue weighted by Gasteiger charge is -2.32. The number of anilines is 1. The van der Waals surface area contributed by atoms with E-state index >= 15 is 0 Å². The summed E-state index contributed by atoms with van der Waals surface area (Å²) in [5.74, 6) is -0.0251. The zero-order valence-corrected chi connectivity index (χ0v) is 20.3. The molecule has 0 radical (unpaired) electrons. The molecule has 35 heavy (non-hydrogen) atoms. The number of aromatic nitrogens is 5. The zero-order chi connectivity index (χ0) is 24.3. The number of fused-ring (bicyclic) bond motifs is 2. The highest BCUT2D eigenvalue weighted by Gasteiger charge is 2.33. The second-order valence-electron chi connectivity index (χ2n) is 9.19. The molecule has 180 valence electrons. The molecule has 2 aliphatic rings. The van der Waals surface area contributed by atoms with Gasteiger partial charge in [-0.25, -0.2) is 13.4 Å². The third-order valence-corrected chi connectivity index (χ3v) is 9.19. The van der Waals surface area contributed by atoms with Gasteiger partial charge < -0.3 is 9.88 Å². The van der Waals surface area contributed by atoms with Gasteiger partial charge in [-0.3, -0.25) is 14.9 Å². The Morgan fingerprint density at radius 1 is 1.11 bits per heavy atom. The Kier molecular flexibility index (Phi) is 5.01. The summed E-state index contributed by atoms with van der Waals surface area (Å²) >= 11 is 0. The van der Waals surface area contributed by atoms with Crippen LogP contribution in [-0.2, 0) is 21.2 Å². The number of pyridine rings is 1. The first-order chi connectivity index (χ1) is 16.8. The number of carbonyl (C=O) groups is 1. The van der Waals surface area contributed by atoms with Crippen LogP contribution in [0.4, 0.5) is 5.69 Å². The van der Waals surface area contributed by atoms with Crippen molar-refractivity contribution in [1.29, 1.82) is 0 Å². The maximum absolute atomic E-state index is 13.2. The quantitative estimate of drug-likeness (QED) is 0.452. The fourth-order valence-corrected chi connectivity index (χ4v) is 7.09. The van der Waals surface area contributed by atoms with E-state index in [-0.39, 0.29) is 16.8 Å². The van der Waals surface area contributed by atoms with Gasteiger partial charge in [0.25, 0.3) is 0 Å². The highest BCUT2D eigenvalue weighted by Crippen LogP contribution is 2.35. The third kappa shape index (κ3) is 3.53. The van der Waals surface area contributed by atoms with Gasteiger partial charge in [-0.1, -0.05) is 6.07 Å². The minimum Gasteiger partial charge on any atom is -0.327 e. The van der Waals surface area contributed by atoms with Crippen LogP contribution in [-0.4, -0.2) is 56.5 Å². The molecule has 3 aromatic heterocycles. The molecule has 6 rings (SSSR count). The first kappa shape index (κ1) is 21.9. The third-order valence-electron chi connectivity index (χ3n) is 7.03. The standard InChI is InChI=1S/C24H25N7O3S/c1-14-24(15(2)29-28-14)35(33,34)30-7-5-17(6-8-30)31-13-26-20-4-3-16(9-22(20)31)19-11-25-12-21-18(19)10-23(32)27-21/h3-4,9,11-13,17H,5-8,10H2,1-2H3,(H,27,32)(H,28,29). The first-order valence-electron chi connectivity index (χ1n) is 11.6. The molecule has 0 spiro atoms. The van der Waals surface area contributed by atoms with E-state index in [2.05, 4.69) is 36.1 Å². The van der Waals surface area contributed by atoms with Gasteiger partial charge in [0.1, 0.15) is 4.90 Å². The second kappa shape index (κ2) is 7.99. The van der Waals surface area contributed by atoms with Crippen LogP contribution in [0.1, 0.15) is 35.8 Å². The number of carbonyl (C=O) groups excluding carboxylic acids is 1. The number of imidazole rings is 1. The number of hydrogen-bond donors (Lipinski definition) is 2. The van der Waals surface area contributed by atoms with Crippen LogP contribution >= 0.6 is 0 Å². The Balaban J connectivity index is 1.28. The van der Waals surface area contributed by atoms with E-state index in [1.807, 2.05) is 18.5 Å². The molecule has 1 amide bonds. The van der Waals surface area contributed by atoms with Crippen LogP contribution in [0.15, 0.2) is 41.8 Å². The highest BCUT2D eigenvalue weighted by atomic mass is 32.2. The molecular weight excluding hydrogens is 466 g/mol. The average Bonchev–Trinajstić information content (AvgIpc) is 3.54. The van der Waals surface area contributed by atoms with Gasteiger partial charge in [0, 0.05) is 30.9 Å². The fraction of sp³-hybridized carbons (Fsp3) is 0.333. The van der Waals surface area contributed by atoms with Crippen molar-refractivity contribution in [3.8, 4) is 11.1 Å². The number of benzene rings is 1. The lowest BCUT2D eigenvalue weighted by molar-refractivity contribution is -0.115. The predicted molar refractivity (Wildman–Crippen MR) is 130 cm³/mol. The molecule has 4 aromatic rings. The molecule has 1 fully saturated rings. The molecule has 1 aromatic carbocycles. The normalized spacial score (nSPS) is 17.1. The summed E-state index contributed by atoms with van der Waals surface area (Å²) in [4.78, 5) is 21.1. The number of amides is 1. The minimum atomic E-state index is -3.59. The van der Waals surface area contributed by atoms with Crippen LogP contribution in [0.25, 0.3) is 22.2 Å². The molecule has 0 aliphatic carbocycles. The molecule has 10 nitrogen and oxygen atoms in total. The Morgan fingerprint density at radius 3 is 2.66 bits per heavy atom. The molecule has 2 N–H and O–H groups in total. The van der Waals surface area contributed by atoms with Crippen LogP contribution < -0.4 is 5.32 Å². The number of nitrogens with zero attached hydrogens (tertiary/aromatic N) is 5. The van der Waals surface area contributed by atoms with E-state index in [1.54, 1.807) is 30.5 Å². The Morgan fingerprint density at radius 2 is 1.91 bits per heavy atom. The Labute approximate surface area is 202 Å². The number of nitrogens with one attached hydrogen (secondary N) is 2. The number of hydrogen-bond acceptors (Lipinski definition) is 6. The lowest BCUT2D eigenvalue weighted by atomic mass is 9.99. The number of H-pyrrole nitrogens is 1. The van der Waals surface area contributed by atoms with Crippen LogP contribution in [0, 0.1) is 13.8 Å². The molecule has 2 aliphatic heterocycles. The largest absolute Gasteiger partial charge is 0.327 e. The Hall–Kier alpha value is -3.57. The summed E-state index contributed by atoms with van der Waals surface area (Å²) in [6, 6.07) is 6.21. The summed E-state index contributed by atoms with van der Waals surface area (Å²) in [5.41, 5.74) is 6.56. The number of piperidine rings is 1. The van der Waals surface area contributed by atoms with Gasteiger partial charge in [0.15, 0.2) is 0 Å². The number of aromatic amines is 1. The highest BCUT2D eigenvalue weighted by molar-refractivity contribution is 7.89. The molecule has 0 unspecified atom stereocenters. The van der Waals surface area contributed by atoms with E-state index < -0.39 is 10.0 Å². The van der Waals surface area contributed by atoms with Gasteiger partial charge in [0.05, 0.1) is 47.1 Å². The van der Waals surface area contributed by atoms with Gasteiger partial charge in [-0.15, -0.1) is 0 Å². The van der Waals surface area contributed by atoms with E-state index in [1.165, 1.54) is 0 Å². The van der Waals surface area contributed by atoms with Crippen molar-refractivity contribution in [2.24, 2.45) is 0 Å². The van der Waals surface area contributed by atoms with Gasteiger partial charge in [-0.05, 0) is 49.9 Å². The monoisotopic (exact) mass is 491 g/mol. The minimum absolute atomic E-state index is 0.0251. The summed E-state index contributed by atoms with van der Waals surface area (Å²) in [7, 11) is -3.59. The first-order valence-corrected chi connectivity index (χ1v) is 13.0. The number of sulfonamides is 1. The van der Waals surface area contributed by atoms with Gasteiger partial charge >= 0.3 is 0 Å². The van der Waals surface area contributed by atoms with Crippen molar-refractivity contribution >= 4 is 32.7 Å². The van der Waals surface area contributed by atoms with Crippen molar-refractivity contribution < 1.29 is 13.2 Å². The number of aryl methyl sites for hydroxylation is 2. The molecule has 0 saturated carbocycles. The van der Waals surface area contributed by atoms with Crippen LogP contribution in [0.3, 0.4) is 0 Å². The maximum atomic E-state index is 13.2. The van der Waals surface area contributed by atoms with E-state index in [0.717, 1.165) is 33.4 Å². The van der Waals surface area contributed by atoms with E-state index in [4.69, 9.17) is 0 Å². The summed E-state index contributed by atoms with van der Waals surface area (Å²) in [6.45, 7) is 4.31. The molecule has 0 atom stereocenters. The van der Waals surface area contributed by atoms with Crippen molar-refractivity contribution in [1.82, 2.24) is 29.0 Å². The topological polar surface area (TPSA) is 126 Å². The smallest absolute Gasteiger partial charge is 0.246 e. The molecular formula is C24H25N7O3S. The molecule has 1 saturated heterocycles. The molecule has 5 heterocycles. The average molecular weight is 492 g/mol. The second-order valence-corrected chi connectivity index (χ2v) is 11.1. The summed E-state index contributed by atoms with van der Waals surface area (Å²) in [6.07, 6.45) is 7.03. The van der Waals surface area contributed by atoms with Crippen LogP contribution in [0.5, 0.6) is 0 Å². The SMILES string of the molecule is Cc1n[nH]c(C)c1S(=O)(=O)N1CCC(n2cnc3ccc(-c4cncc5c4CC(=O)N5)cc32)CC1. The van der Waals surface area contributed by atoms with Gasteiger partial charge in [0.2, 0.25) is 15.9 Å². The van der Waals surface area contributed by atoms with Crippen molar-refractivity contribution in [3.05, 3.63) is 53.9 Å². The molecule has 0 bridgehead atoms. The van der Waals surface area contributed by atoms with E-state index in [0.29, 0.717) is 43.7 Å². The van der Waals surface area contributed by atoms with E-state index in [9.17, 15) is 13.2 Å². The van der Waals surface area contributed by atoms with Crippen LogP contribution in [0.2, 0.25) is 0 Å². The zero-order valence-electron chi connectivity index (χ0n) is 19.4. The fourth-order valence-electron chi connectivity index (χ4n) is 5.28. The van der Waals surface area contributed by atoms with Gasteiger partial charge in [-0.2, -0.15) is 9.40 Å². The van der Waals surface area contributed by atoms with Crippen molar-refractivity contribution in [3.63, 3.8) is 0 Å². The molecule has 11 heteroatoms. The maximum Gasteiger partial charge on any atom is 0.246 e.